The number of halogens is 1. The molecule has 1 aliphatic heterocycles. The van der Waals surface area contributed by atoms with E-state index < -0.39 is 18.0 Å². The van der Waals surface area contributed by atoms with Crippen LogP contribution in [-0.2, 0) is 20.8 Å². The summed E-state index contributed by atoms with van der Waals surface area (Å²) >= 11 is 6.09. The summed E-state index contributed by atoms with van der Waals surface area (Å²) in [6.45, 7) is 0.723. The summed E-state index contributed by atoms with van der Waals surface area (Å²) in [5, 5.41) is 4.74. The maximum absolute atomic E-state index is 12.0. The monoisotopic (exact) mass is 320 g/mol. The first kappa shape index (κ1) is 14.6. The molecular formula is C15H13ClN2O4. The first-order chi connectivity index (χ1) is 10.6. The summed E-state index contributed by atoms with van der Waals surface area (Å²) < 4.78 is 11.4. The Morgan fingerprint density at radius 1 is 1.45 bits per heavy atom. The van der Waals surface area contributed by atoms with E-state index in [0.717, 1.165) is 5.56 Å². The number of aromatic nitrogens is 2. The van der Waals surface area contributed by atoms with E-state index in [1.165, 1.54) is 6.20 Å². The van der Waals surface area contributed by atoms with Crippen molar-refractivity contribution in [1.29, 1.82) is 0 Å². The quantitative estimate of drug-likeness (QED) is 0.806. The van der Waals surface area contributed by atoms with Crippen molar-refractivity contribution < 1.29 is 19.1 Å². The number of benzene rings is 1. The Labute approximate surface area is 131 Å². The Morgan fingerprint density at radius 3 is 3.00 bits per heavy atom. The van der Waals surface area contributed by atoms with Crippen LogP contribution in [0.5, 0.6) is 0 Å². The molecule has 1 fully saturated rings. The molecule has 6 nitrogen and oxygen atoms in total. The highest BCUT2D eigenvalue weighted by molar-refractivity contribution is 6.31. The van der Waals surface area contributed by atoms with Gasteiger partial charge in [0, 0.05) is 17.6 Å². The topological polar surface area (TPSA) is 70.4 Å². The summed E-state index contributed by atoms with van der Waals surface area (Å²) in [5.41, 5.74) is 1.18. The standard InChI is InChI=1S/C15H13ClN2O4/c16-12-4-2-1-3-10(12)8-18-9-11(7-17-18)14(19)22-13-5-6-21-15(13)20/h1-4,7,9,13H,5-6,8H2/t13-/m0/s1. The van der Waals surface area contributed by atoms with Gasteiger partial charge in [0.25, 0.3) is 0 Å². The lowest BCUT2D eigenvalue weighted by Gasteiger charge is -2.06. The van der Waals surface area contributed by atoms with Crippen LogP contribution in [0, 0.1) is 0 Å². The fraction of sp³-hybridized carbons (Fsp3) is 0.267. The maximum atomic E-state index is 12.0. The van der Waals surface area contributed by atoms with Crippen molar-refractivity contribution >= 4 is 23.5 Å². The molecule has 0 saturated carbocycles. The van der Waals surface area contributed by atoms with Crippen LogP contribution in [0.3, 0.4) is 0 Å². The predicted molar refractivity (Wildman–Crippen MR) is 77.6 cm³/mol. The van der Waals surface area contributed by atoms with Crippen LogP contribution >= 0.6 is 11.6 Å². The van der Waals surface area contributed by atoms with Crippen LogP contribution in [0.4, 0.5) is 0 Å². The van der Waals surface area contributed by atoms with E-state index in [0.29, 0.717) is 18.0 Å². The lowest BCUT2D eigenvalue weighted by atomic mass is 10.2. The van der Waals surface area contributed by atoms with Gasteiger partial charge in [-0.25, -0.2) is 9.59 Å². The van der Waals surface area contributed by atoms with Gasteiger partial charge in [0.1, 0.15) is 0 Å². The molecule has 2 heterocycles. The third-order valence-electron chi connectivity index (χ3n) is 3.30. The smallest absolute Gasteiger partial charge is 0.347 e. The lowest BCUT2D eigenvalue weighted by Crippen LogP contribution is -2.22. The number of esters is 2. The van der Waals surface area contributed by atoms with Crippen LogP contribution in [0.1, 0.15) is 22.3 Å². The van der Waals surface area contributed by atoms with E-state index in [2.05, 4.69) is 5.10 Å². The van der Waals surface area contributed by atoms with Crippen LogP contribution in [0.2, 0.25) is 5.02 Å². The molecule has 0 unspecified atom stereocenters. The van der Waals surface area contributed by atoms with Gasteiger partial charge in [-0.1, -0.05) is 29.8 Å². The average molecular weight is 321 g/mol. The number of cyclic esters (lactones) is 1. The Hall–Kier alpha value is -2.34. The van der Waals surface area contributed by atoms with Gasteiger partial charge in [-0.05, 0) is 11.6 Å². The molecule has 2 aromatic rings. The first-order valence-corrected chi connectivity index (χ1v) is 7.15. The Balaban J connectivity index is 1.67. The molecule has 1 atom stereocenters. The summed E-state index contributed by atoms with van der Waals surface area (Å²) in [6.07, 6.45) is 2.53. The van der Waals surface area contributed by atoms with Gasteiger partial charge < -0.3 is 9.47 Å². The van der Waals surface area contributed by atoms with Crippen LogP contribution < -0.4 is 0 Å². The summed E-state index contributed by atoms with van der Waals surface area (Å²) in [4.78, 5) is 23.3. The van der Waals surface area contributed by atoms with E-state index in [1.54, 1.807) is 16.9 Å². The average Bonchev–Trinajstić information content (AvgIpc) is 3.12. The molecule has 0 aliphatic carbocycles. The molecule has 0 N–H and O–H groups in total. The highest BCUT2D eigenvalue weighted by atomic mass is 35.5. The van der Waals surface area contributed by atoms with E-state index in [9.17, 15) is 9.59 Å². The minimum Gasteiger partial charge on any atom is -0.463 e. The molecule has 0 amide bonds. The van der Waals surface area contributed by atoms with Crippen molar-refractivity contribution in [2.45, 2.75) is 19.1 Å². The zero-order valence-corrected chi connectivity index (χ0v) is 12.3. The Kier molecular flexibility index (Phi) is 4.11. The molecule has 0 spiro atoms. The van der Waals surface area contributed by atoms with Crippen molar-refractivity contribution in [3.63, 3.8) is 0 Å². The van der Waals surface area contributed by atoms with Crippen molar-refractivity contribution in [2.24, 2.45) is 0 Å². The van der Waals surface area contributed by atoms with Crippen molar-refractivity contribution in [2.75, 3.05) is 6.61 Å². The minimum absolute atomic E-state index is 0.280. The van der Waals surface area contributed by atoms with Crippen LogP contribution in [-0.4, -0.2) is 34.4 Å². The molecule has 3 rings (SSSR count). The van der Waals surface area contributed by atoms with E-state index in [-0.39, 0.29) is 12.2 Å². The number of hydrogen-bond donors (Lipinski definition) is 0. The number of nitrogens with zero attached hydrogens (tertiary/aromatic N) is 2. The summed E-state index contributed by atoms with van der Waals surface area (Å²) in [7, 11) is 0. The number of ether oxygens (including phenoxy) is 2. The highest BCUT2D eigenvalue weighted by Crippen LogP contribution is 2.17. The SMILES string of the molecule is O=C(O[C@H]1CCOC1=O)c1cnn(Cc2ccccc2Cl)c1. The van der Waals surface area contributed by atoms with Gasteiger partial charge in [0.05, 0.1) is 24.9 Å². The molecule has 0 bridgehead atoms. The third kappa shape index (κ3) is 3.12. The van der Waals surface area contributed by atoms with Gasteiger partial charge >= 0.3 is 11.9 Å². The second kappa shape index (κ2) is 6.19. The summed E-state index contributed by atoms with van der Waals surface area (Å²) in [5.74, 6) is -1.09. The second-order valence-electron chi connectivity index (χ2n) is 4.87. The number of carbonyl (C=O) groups excluding carboxylic acids is 2. The van der Waals surface area contributed by atoms with Gasteiger partial charge in [-0.2, -0.15) is 5.10 Å². The molecule has 1 aromatic heterocycles. The van der Waals surface area contributed by atoms with Crippen molar-refractivity contribution in [3.8, 4) is 0 Å². The molecule has 1 aromatic carbocycles. The van der Waals surface area contributed by atoms with E-state index in [1.807, 2.05) is 18.2 Å². The fourth-order valence-electron chi connectivity index (χ4n) is 2.14. The molecular weight excluding hydrogens is 308 g/mol. The fourth-order valence-corrected chi connectivity index (χ4v) is 2.33. The molecule has 0 radical (unpaired) electrons. The van der Waals surface area contributed by atoms with Gasteiger partial charge in [0.2, 0.25) is 6.10 Å². The van der Waals surface area contributed by atoms with Gasteiger partial charge in [-0.3, -0.25) is 4.68 Å². The Bertz CT molecular complexity index is 713. The molecule has 114 valence electrons. The van der Waals surface area contributed by atoms with Crippen molar-refractivity contribution in [3.05, 3.63) is 52.8 Å². The number of hydrogen-bond acceptors (Lipinski definition) is 5. The Morgan fingerprint density at radius 2 is 2.27 bits per heavy atom. The van der Waals surface area contributed by atoms with Crippen molar-refractivity contribution in [1.82, 2.24) is 9.78 Å². The van der Waals surface area contributed by atoms with Gasteiger partial charge in [0.15, 0.2) is 0 Å². The van der Waals surface area contributed by atoms with Crippen LogP contribution in [0.15, 0.2) is 36.7 Å². The number of carbonyl (C=O) groups is 2. The first-order valence-electron chi connectivity index (χ1n) is 6.77. The zero-order chi connectivity index (χ0) is 15.5. The molecule has 1 saturated heterocycles. The largest absolute Gasteiger partial charge is 0.463 e. The molecule has 1 aliphatic rings. The van der Waals surface area contributed by atoms with E-state index in [4.69, 9.17) is 21.1 Å². The second-order valence-corrected chi connectivity index (χ2v) is 5.28. The lowest BCUT2D eigenvalue weighted by molar-refractivity contribution is -0.145. The third-order valence-corrected chi connectivity index (χ3v) is 3.66. The summed E-state index contributed by atoms with van der Waals surface area (Å²) in [6, 6.07) is 7.40. The normalized spacial score (nSPS) is 17.3. The maximum Gasteiger partial charge on any atom is 0.347 e. The highest BCUT2D eigenvalue weighted by Gasteiger charge is 2.30. The zero-order valence-electron chi connectivity index (χ0n) is 11.6. The van der Waals surface area contributed by atoms with Crippen LogP contribution in [0.25, 0.3) is 0 Å². The van der Waals surface area contributed by atoms with Gasteiger partial charge in [-0.15, -0.1) is 0 Å². The number of rotatable bonds is 4. The molecule has 22 heavy (non-hydrogen) atoms. The predicted octanol–water partition coefficient (Wildman–Crippen LogP) is 2.06. The minimum atomic E-state index is -0.820. The molecule has 7 heteroatoms. The van der Waals surface area contributed by atoms with E-state index >= 15 is 0 Å².